The molecule has 0 radical (unpaired) electrons. The van der Waals surface area contributed by atoms with E-state index in [-0.39, 0.29) is 12.0 Å². The summed E-state index contributed by atoms with van der Waals surface area (Å²) in [5.74, 6) is -0.201. The molecule has 1 amide bonds. The van der Waals surface area contributed by atoms with Crippen molar-refractivity contribution in [1.29, 1.82) is 0 Å². The summed E-state index contributed by atoms with van der Waals surface area (Å²) in [6, 6.07) is 13.3. The number of piperazine rings is 1. The fraction of sp³-hybridized carbons (Fsp3) is 0.385. The maximum atomic E-state index is 11.6. The predicted molar refractivity (Wildman–Crippen MR) is 138 cm³/mol. The van der Waals surface area contributed by atoms with E-state index in [0.717, 1.165) is 37.6 Å². The first-order valence-electron chi connectivity index (χ1n) is 11.9. The smallest absolute Gasteiger partial charge is 0.219 e. The maximum Gasteiger partial charge on any atom is 0.219 e. The van der Waals surface area contributed by atoms with Crippen LogP contribution in [0.1, 0.15) is 12.5 Å². The molecule has 1 aromatic heterocycles. The predicted octanol–water partition coefficient (Wildman–Crippen LogP) is 4.21. The summed E-state index contributed by atoms with van der Waals surface area (Å²) in [4.78, 5) is 19.8. The number of benzene rings is 2. The summed E-state index contributed by atoms with van der Waals surface area (Å²) in [6.07, 6.45) is 4.98. The number of carbonyl (C=O) groups is 1. The van der Waals surface area contributed by atoms with Gasteiger partial charge in [-0.2, -0.15) is 0 Å². The van der Waals surface area contributed by atoms with Gasteiger partial charge in [-0.3, -0.25) is 4.79 Å². The summed E-state index contributed by atoms with van der Waals surface area (Å²) in [6.45, 7) is 5.80. The highest BCUT2D eigenvalue weighted by atomic mass is 35.5. The Morgan fingerprint density at radius 1 is 1.14 bits per heavy atom. The van der Waals surface area contributed by atoms with E-state index < -0.39 is 5.79 Å². The van der Waals surface area contributed by atoms with Crippen molar-refractivity contribution in [3.05, 3.63) is 76.8 Å². The molecule has 8 nitrogen and oxygen atoms in total. The van der Waals surface area contributed by atoms with Crippen LogP contribution in [-0.4, -0.2) is 65.9 Å². The van der Waals surface area contributed by atoms with Gasteiger partial charge in [0.2, 0.25) is 11.7 Å². The van der Waals surface area contributed by atoms with Crippen LogP contribution in [-0.2, 0) is 26.6 Å². The van der Waals surface area contributed by atoms with E-state index in [4.69, 9.17) is 37.4 Å². The number of halogens is 2. The van der Waals surface area contributed by atoms with Gasteiger partial charge in [0, 0.05) is 61.8 Å². The van der Waals surface area contributed by atoms with Crippen molar-refractivity contribution in [3.63, 3.8) is 0 Å². The lowest BCUT2D eigenvalue weighted by atomic mass is 10.1. The molecule has 10 heteroatoms. The molecule has 2 aromatic carbocycles. The van der Waals surface area contributed by atoms with E-state index in [1.807, 2.05) is 46.0 Å². The lowest BCUT2D eigenvalue weighted by molar-refractivity contribution is -0.189. The average molecular weight is 531 g/mol. The molecule has 0 N–H and O–H groups in total. The molecule has 2 aliphatic rings. The van der Waals surface area contributed by atoms with Crippen LogP contribution in [0.15, 0.2) is 61.2 Å². The van der Waals surface area contributed by atoms with E-state index in [0.29, 0.717) is 35.4 Å². The molecule has 190 valence electrons. The monoisotopic (exact) mass is 530 g/mol. The number of ether oxygens (including phenoxy) is 3. The zero-order valence-electron chi connectivity index (χ0n) is 20.0. The molecule has 2 atom stereocenters. The van der Waals surface area contributed by atoms with Crippen molar-refractivity contribution in [2.45, 2.75) is 25.4 Å². The number of hydrogen-bond acceptors (Lipinski definition) is 6. The van der Waals surface area contributed by atoms with Gasteiger partial charge in [0.1, 0.15) is 18.5 Å². The van der Waals surface area contributed by atoms with Crippen LogP contribution in [0.4, 0.5) is 5.69 Å². The standard InChI is InChI=1S/C26H28Cl2N4O4/c1-19(33)31-10-12-32(13-11-31)21-3-5-22(6-4-21)34-15-23-16-35-26(36-23,17-30-9-8-29-18-30)24-7-2-20(27)14-25(24)28/h2-9,14,18,23H,10-13,15-17H2,1H3/t23?,26-/m1/s1. The minimum Gasteiger partial charge on any atom is -0.491 e. The van der Waals surface area contributed by atoms with Crippen LogP contribution in [0.25, 0.3) is 0 Å². The maximum absolute atomic E-state index is 11.6. The zero-order valence-corrected chi connectivity index (χ0v) is 21.5. The van der Waals surface area contributed by atoms with Gasteiger partial charge in [0.15, 0.2) is 0 Å². The van der Waals surface area contributed by atoms with Gasteiger partial charge in [0.05, 0.1) is 24.5 Å². The van der Waals surface area contributed by atoms with E-state index >= 15 is 0 Å². The molecule has 1 unspecified atom stereocenters. The normalized spacial score (nSPS) is 22.1. The summed E-state index contributed by atoms with van der Waals surface area (Å²) >= 11 is 12.7. The van der Waals surface area contributed by atoms with Crippen LogP contribution in [0, 0.1) is 0 Å². The third-order valence-corrected chi connectivity index (χ3v) is 7.06. The first-order chi connectivity index (χ1) is 17.4. The Hall–Kier alpha value is -2.78. The first-order valence-corrected chi connectivity index (χ1v) is 12.6. The fourth-order valence-electron chi connectivity index (χ4n) is 4.60. The number of aromatic nitrogens is 2. The van der Waals surface area contributed by atoms with Crippen molar-refractivity contribution in [1.82, 2.24) is 14.5 Å². The number of nitrogens with zero attached hydrogens (tertiary/aromatic N) is 4. The highest BCUT2D eigenvalue weighted by Gasteiger charge is 2.45. The summed E-state index contributed by atoms with van der Waals surface area (Å²) in [7, 11) is 0. The Morgan fingerprint density at radius 2 is 1.92 bits per heavy atom. The zero-order chi connectivity index (χ0) is 25.1. The van der Waals surface area contributed by atoms with Crippen LogP contribution < -0.4 is 9.64 Å². The van der Waals surface area contributed by atoms with Gasteiger partial charge < -0.3 is 28.6 Å². The van der Waals surface area contributed by atoms with E-state index in [9.17, 15) is 4.79 Å². The van der Waals surface area contributed by atoms with E-state index in [2.05, 4.69) is 9.88 Å². The molecule has 0 bridgehead atoms. The quantitative estimate of drug-likeness (QED) is 0.455. The molecule has 3 heterocycles. The summed E-state index contributed by atoms with van der Waals surface area (Å²) < 4.78 is 20.6. The van der Waals surface area contributed by atoms with Crippen molar-refractivity contribution in [3.8, 4) is 5.75 Å². The molecule has 0 aliphatic carbocycles. The van der Waals surface area contributed by atoms with Crippen molar-refractivity contribution >= 4 is 34.8 Å². The molecule has 0 spiro atoms. The minimum absolute atomic E-state index is 0.129. The third-order valence-electron chi connectivity index (χ3n) is 6.51. The number of rotatable bonds is 7. The van der Waals surface area contributed by atoms with Crippen molar-refractivity contribution in [2.75, 3.05) is 44.3 Å². The highest BCUT2D eigenvalue weighted by Crippen LogP contribution is 2.40. The molecule has 2 saturated heterocycles. The molecule has 5 rings (SSSR count). The Kier molecular flexibility index (Phi) is 7.39. The van der Waals surface area contributed by atoms with Gasteiger partial charge in [-0.25, -0.2) is 4.98 Å². The molecular weight excluding hydrogens is 503 g/mol. The number of imidazole rings is 1. The molecule has 2 aliphatic heterocycles. The van der Waals surface area contributed by atoms with Gasteiger partial charge in [0.25, 0.3) is 0 Å². The summed E-state index contributed by atoms with van der Waals surface area (Å²) in [5, 5.41) is 1.02. The SMILES string of the molecule is CC(=O)N1CCN(c2ccc(OCC3CO[C@@](Cn4ccnc4)(c4ccc(Cl)cc4Cl)O3)cc2)CC1. The van der Waals surface area contributed by atoms with Crippen molar-refractivity contribution in [2.24, 2.45) is 0 Å². The summed E-state index contributed by atoms with van der Waals surface area (Å²) in [5.41, 5.74) is 1.82. The second kappa shape index (κ2) is 10.7. The molecular formula is C26H28Cl2N4O4. The van der Waals surface area contributed by atoms with Crippen LogP contribution >= 0.6 is 23.2 Å². The van der Waals surface area contributed by atoms with E-state index in [1.54, 1.807) is 31.6 Å². The largest absolute Gasteiger partial charge is 0.491 e. The molecule has 0 saturated carbocycles. The number of hydrogen-bond donors (Lipinski definition) is 0. The van der Waals surface area contributed by atoms with Crippen molar-refractivity contribution < 1.29 is 19.0 Å². The Balaban J connectivity index is 1.22. The molecule has 2 fully saturated rings. The lowest BCUT2D eigenvalue weighted by Gasteiger charge is -2.35. The number of carbonyl (C=O) groups excluding carboxylic acids is 1. The molecule has 3 aromatic rings. The Bertz CT molecular complexity index is 1180. The lowest BCUT2D eigenvalue weighted by Crippen LogP contribution is -2.48. The first kappa shape index (κ1) is 24.9. The topological polar surface area (TPSA) is 69.1 Å². The van der Waals surface area contributed by atoms with E-state index in [1.165, 1.54) is 0 Å². The van der Waals surface area contributed by atoms with Gasteiger partial charge in [-0.1, -0.05) is 29.3 Å². The third kappa shape index (κ3) is 5.47. The van der Waals surface area contributed by atoms with Gasteiger partial charge in [-0.15, -0.1) is 0 Å². The fourth-order valence-corrected chi connectivity index (χ4v) is 5.15. The number of anilines is 1. The van der Waals surface area contributed by atoms with Gasteiger partial charge >= 0.3 is 0 Å². The minimum atomic E-state index is -1.08. The van der Waals surface area contributed by atoms with Crippen LogP contribution in [0.5, 0.6) is 5.75 Å². The Labute approximate surface area is 220 Å². The molecule has 36 heavy (non-hydrogen) atoms. The second-order valence-corrected chi connectivity index (χ2v) is 9.80. The number of amides is 1. The Morgan fingerprint density at radius 3 is 2.58 bits per heavy atom. The average Bonchev–Trinajstić information content (AvgIpc) is 3.54. The van der Waals surface area contributed by atoms with Gasteiger partial charge in [-0.05, 0) is 36.4 Å². The second-order valence-electron chi connectivity index (χ2n) is 8.96. The van der Waals surface area contributed by atoms with Crippen LogP contribution in [0.2, 0.25) is 10.0 Å². The highest BCUT2D eigenvalue weighted by molar-refractivity contribution is 6.35. The van der Waals surface area contributed by atoms with Crippen LogP contribution in [0.3, 0.4) is 0 Å².